The zero-order valence-corrected chi connectivity index (χ0v) is 13.5. The number of benzene rings is 1. The Hall–Kier alpha value is -1.11. The van der Waals surface area contributed by atoms with E-state index >= 15 is 0 Å². The van der Waals surface area contributed by atoms with Crippen LogP contribution in [0.3, 0.4) is 0 Å². The van der Waals surface area contributed by atoms with Crippen molar-refractivity contribution in [3.05, 3.63) is 28.8 Å². The average molecular weight is 332 g/mol. The van der Waals surface area contributed by atoms with Gasteiger partial charge in [0.2, 0.25) is 10.0 Å². The molecule has 2 atom stereocenters. The van der Waals surface area contributed by atoms with Crippen molar-refractivity contribution in [3.63, 3.8) is 0 Å². The van der Waals surface area contributed by atoms with Crippen molar-refractivity contribution >= 4 is 27.6 Å². The lowest BCUT2D eigenvalue weighted by Crippen LogP contribution is -2.42. The van der Waals surface area contributed by atoms with Gasteiger partial charge in [-0.1, -0.05) is 25.4 Å². The summed E-state index contributed by atoms with van der Waals surface area (Å²) in [6.07, 6.45) is 0.981. The van der Waals surface area contributed by atoms with Gasteiger partial charge in [-0.2, -0.15) is 4.31 Å². The molecule has 0 radical (unpaired) electrons. The second-order valence-electron chi connectivity index (χ2n) is 5.72. The fourth-order valence-corrected chi connectivity index (χ4v) is 4.96. The fourth-order valence-electron chi connectivity index (χ4n) is 2.78. The summed E-state index contributed by atoms with van der Waals surface area (Å²) in [5, 5.41) is 9.06. The minimum atomic E-state index is -3.78. The van der Waals surface area contributed by atoms with Gasteiger partial charge in [0.25, 0.3) is 0 Å². The van der Waals surface area contributed by atoms with E-state index < -0.39 is 16.0 Å². The van der Waals surface area contributed by atoms with Crippen LogP contribution in [0.15, 0.2) is 23.1 Å². The normalized spacial score (nSPS) is 24.0. The summed E-state index contributed by atoms with van der Waals surface area (Å²) in [5.74, 6) is -0.640. The highest BCUT2D eigenvalue weighted by atomic mass is 35.5. The van der Waals surface area contributed by atoms with Crippen molar-refractivity contribution < 1.29 is 18.3 Å². The predicted octanol–water partition coefficient (Wildman–Crippen LogP) is 2.70. The van der Waals surface area contributed by atoms with Crippen LogP contribution in [0.2, 0.25) is 5.02 Å². The van der Waals surface area contributed by atoms with Gasteiger partial charge in [-0.05, 0) is 36.5 Å². The number of carboxylic acid groups (broad SMARTS) is 1. The Balaban J connectivity index is 2.44. The summed E-state index contributed by atoms with van der Waals surface area (Å²) >= 11 is 5.98. The summed E-state index contributed by atoms with van der Waals surface area (Å²) in [4.78, 5) is 10.9. The van der Waals surface area contributed by atoms with Crippen molar-refractivity contribution in [3.8, 4) is 0 Å². The Morgan fingerprint density at radius 1 is 1.29 bits per heavy atom. The Kier molecular flexibility index (Phi) is 4.60. The van der Waals surface area contributed by atoms with Gasteiger partial charge >= 0.3 is 5.97 Å². The van der Waals surface area contributed by atoms with E-state index in [0.717, 1.165) is 12.5 Å². The number of carboxylic acids is 1. The van der Waals surface area contributed by atoms with Crippen LogP contribution in [0, 0.1) is 11.8 Å². The third kappa shape index (κ3) is 3.39. The van der Waals surface area contributed by atoms with Gasteiger partial charge in [-0.25, -0.2) is 13.2 Å². The summed E-state index contributed by atoms with van der Waals surface area (Å²) in [5.41, 5.74) is -0.0870. The average Bonchev–Trinajstić information content (AvgIpc) is 2.37. The molecule has 1 fully saturated rings. The van der Waals surface area contributed by atoms with Gasteiger partial charge in [0.1, 0.15) is 4.90 Å². The SMILES string of the molecule is CC1CC(C)CN(S(=O)(=O)c2cc(C(=O)O)ccc2Cl)C1. The summed E-state index contributed by atoms with van der Waals surface area (Å²) < 4.78 is 26.8. The van der Waals surface area contributed by atoms with Crippen molar-refractivity contribution in [2.75, 3.05) is 13.1 Å². The molecule has 2 unspecified atom stereocenters. The number of carbonyl (C=O) groups is 1. The molecule has 5 nitrogen and oxygen atoms in total. The maximum atomic E-state index is 12.7. The van der Waals surface area contributed by atoms with Gasteiger partial charge < -0.3 is 5.11 Å². The molecule has 1 heterocycles. The molecule has 0 spiro atoms. The first kappa shape index (κ1) is 16.3. The molecule has 116 valence electrons. The second-order valence-corrected chi connectivity index (χ2v) is 8.03. The second kappa shape index (κ2) is 5.94. The quantitative estimate of drug-likeness (QED) is 0.924. The molecule has 7 heteroatoms. The molecule has 0 aliphatic carbocycles. The number of aromatic carboxylic acids is 1. The monoisotopic (exact) mass is 331 g/mol. The van der Waals surface area contributed by atoms with Crippen LogP contribution < -0.4 is 0 Å². The fraction of sp³-hybridized carbons (Fsp3) is 0.500. The smallest absolute Gasteiger partial charge is 0.335 e. The molecule has 1 saturated heterocycles. The van der Waals surface area contributed by atoms with Crippen molar-refractivity contribution in [2.45, 2.75) is 25.2 Å². The molecule has 1 aromatic carbocycles. The Labute approximate surface area is 129 Å². The van der Waals surface area contributed by atoms with E-state index in [2.05, 4.69) is 0 Å². The lowest BCUT2D eigenvalue weighted by atomic mass is 9.94. The number of rotatable bonds is 3. The highest BCUT2D eigenvalue weighted by molar-refractivity contribution is 7.89. The first-order valence-electron chi connectivity index (χ1n) is 6.74. The van der Waals surface area contributed by atoms with E-state index in [-0.39, 0.29) is 27.3 Å². The number of hydrogen-bond acceptors (Lipinski definition) is 3. The van der Waals surface area contributed by atoms with Gasteiger partial charge in [-0.15, -0.1) is 0 Å². The topological polar surface area (TPSA) is 74.7 Å². The number of hydrogen-bond donors (Lipinski definition) is 1. The van der Waals surface area contributed by atoms with Gasteiger partial charge in [0.05, 0.1) is 10.6 Å². The molecule has 1 aliphatic rings. The van der Waals surface area contributed by atoms with E-state index in [1.54, 1.807) is 0 Å². The molecular formula is C14H18ClNO4S. The lowest BCUT2D eigenvalue weighted by Gasteiger charge is -2.34. The van der Waals surface area contributed by atoms with Crippen LogP contribution in [0.4, 0.5) is 0 Å². The number of piperidine rings is 1. The maximum Gasteiger partial charge on any atom is 0.335 e. The van der Waals surface area contributed by atoms with Crippen LogP contribution >= 0.6 is 11.6 Å². The van der Waals surface area contributed by atoms with Crippen molar-refractivity contribution in [1.82, 2.24) is 4.31 Å². The molecule has 1 N–H and O–H groups in total. The number of sulfonamides is 1. The molecule has 0 aromatic heterocycles. The lowest BCUT2D eigenvalue weighted by molar-refractivity contribution is 0.0696. The van der Waals surface area contributed by atoms with Crippen LogP contribution in [-0.4, -0.2) is 36.9 Å². The van der Waals surface area contributed by atoms with Crippen molar-refractivity contribution in [1.29, 1.82) is 0 Å². The Morgan fingerprint density at radius 3 is 2.38 bits per heavy atom. The number of halogens is 1. The molecule has 0 saturated carbocycles. The molecule has 0 amide bonds. The molecule has 1 aromatic rings. The van der Waals surface area contributed by atoms with Gasteiger partial charge in [-0.3, -0.25) is 0 Å². The number of nitrogens with zero attached hydrogens (tertiary/aromatic N) is 1. The third-order valence-electron chi connectivity index (χ3n) is 3.63. The minimum absolute atomic E-state index is 0.0471. The van der Waals surface area contributed by atoms with Gasteiger partial charge in [0, 0.05) is 13.1 Å². The van der Waals surface area contributed by atoms with Crippen molar-refractivity contribution in [2.24, 2.45) is 11.8 Å². The molecular weight excluding hydrogens is 314 g/mol. The zero-order chi connectivity index (χ0) is 15.8. The highest BCUT2D eigenvalue weighted by Gasteiger charge is 2.33. The van der Waals surface area contributed by atoms with Crippen LogP contribution in [0.25, 0.3) is 0 Å². The third-order valence-corrected chi connectivity index (χ3v) is 5.94. The largest absolute Gasteiger partial charge is 0.478 e. The summed E-state index contributed by atoms with van der Waals surface area (Å²) in [6.45, 7) is 4.88. The van der Waals surface area contributed by atoms with Crippen LogP contribution in [0.1, 0.15) is 30.6 Å². The first-order valence-corrected chi connectivity index (χ1v) is 8.56. The van der Waals surface area contributed by atoms with Crippen LogP contribution in [0.5, 0.6) is 0 Å². The standard InChI is InChI=1S/C14H18ClNO4S/c1-9-5-10(2)8-16(7-9)21(19,20)13-6-11(14(17)18)3-4-12(13)15/h3-4,6,9-10H,5,7-8H2,1-2H3,(H,17,18). The van der Waals surface area contributed by atoms with E-state index in [0.29, 0.717) is 13.1 Å². The molecule has 0 bridgehead atoms. The first-order chi connectivity index (χ1) is 9.71. The van der Waals surface area contributed by atoms with E-state index in [1.165, 1.54) is 16.4 Å². The zero-order valence-electron chi connectivity index (χ0n) is 11.9. The van der Waals surface area contributed by atoms with Gasteiger partial charge in [0.15, 0.2) is 0 Å². The van der Waals surface area contributed by atoms with E-state index in [9.17, 15) is 13.2 Å². The highest BCUT2D eigenvalue weighted by Crippen LogP contribution is 2.30. The Bertz CT molecular complexity index is 649. The van der Waals surface area contributed by atoms with Crippen LogP contribution in [-0.2, 0) is 10.0 Å². The van der Waals surface area contributed by atoms with E-state index in [4.69, 9.17) is 16.7 Å². The maximum absolute atomic E-state index is 12.7. The molecule has 21 heavy (non-hydrogen) atoms. The predicted molar refractivity (Wildman–Crippen MR) is 80.1 cm³/mol. The summed E-state index contributed by atoms with van der Waals surface area (Å²) in [6, 6.07) is 3.74. The molecule has 2 rings (SSSR count). The van der Waals surface area contributed by atoms with E-state index in [1.807, 2.05) is 13.8 Å². The molecule has 1 aliphatic heterocycles. The summed E-state index contributed by atoms with van der Waals surface area (Å²) in [7, 11) is -3.78. The minimum Gasteiger partial charge on any atom is -0.478 e. The Morgan fingerprint density at radius 2 is 1.86 bits per heavy atom.